The topological polar surface area (TPSA) is 81.7 Å². The molecule has 3 rings (SSSR count). The summed E-state index contributed by atoms with van der Waals surface area (Å²) in [7, 11) is 0. The molecule has 1 aromatic rings. The van der Waals surface area contributed by atoms with E-state index in [0.29, 0.717) is 16.5 Å². The second-order valence-corrected chi connectivity index (χ2v) is 10.2. The molecular formula is C19H23Cl2NO5S. The molecule has 154 valence electrons. The smallest absolute Gasteiger partial charge is 0.341 e. The number of ether oxygens (including phenoxy) is 2. The van der Waals surface area contributed by atoms with E-state index in [0.717, 1.165) is 29.7 Å². The standard InChI is InChI=1S/C19H23Cl2NO5S/c1-4-26-16(24)14-11-6-5-10(2)7-12(11)28-15(14)22-13(23)8-27-17(25)18(3)9-19(18,20)21/h10H,4-9H2,1-3H3,(H,22,23)/t10-,18-/m1/s1. The van der Waals surface area contributed by atoms with Crippen LogP contribution >= 0.6 is 34.5 Å². The fourth-order valence-corrected chi connectivity index (χ4v) is 5.44. The van der Waals surface area contributed by atoms with Crippen molar-refractivity contribution >= 4 is 57.4 Å². The summed E-state index contributed by atoms with van der Waals surface area (Å²) in [6, 6.07) is 0. The van der Waals surface area contributed by atoms with E-state index < -0.39 is 34.2 Å². The lowest BCUT2D eigenvalue weighted by atomic mass is 9.88. The predicted molar refractivity (Wildman–Crippen MR) is 108 cm³/mol. The van der Waals surface area contributed by atoms with E-state index in [1.807, 2.05) is 0 Å². The van der Waals surface area contributed by atoms with E-state index in [-0.39, 0.29) is 13.0 Å². The molecule has 0 spiro atoms. The van der Waals surface area contributed by atoms with Crippen LogP contribution in [-0.2, 0) is 31.9 Å². The van der Waals surface area contributed by atoms with E-state index in [1.54, 1.807) is 13.8 Å². The molecule has 1 amide bonds. The number of halogens is 2. The van der Waals surface area contributed by atoms with Crippen LogP contribution in [0.1, 0.15) is 54.4 Å². The average molecular weight is 448 g/mol. The minimum absolute atomic E-state index is 0.252. The first-order valence-electron chi connectivity index (χ1n) is 9.25. The van der Waals surface area contributed by atoms with Gasteiger partial charge in [-0.15, -0.1) is 34.5 Å². The third-order valence-corrected chi connectivity index (χ3v) is 7.56. The van der Waals surface area contributed by atoms with Gasteiger partial charge in [-0.3, -0.25) is 9.59 Å². The van der Waals surface area contributed by atoms with Gasteiger partial charge >= 0.3 is 11.9 Å². The van der Waals surface area contributed by atoms with E-state index in [9.17, 15) is 14.4 Å². The molecular weight excluding hydrogens is 425 g/mol. The molecule has 0 aliphatic heterocycles. The van der Waals surface area contributed by atoms with Crippen molar-refractivity contribution in [3.8, 4) is 0 Å². The number of anilines is 1. The third kappa shape index (κ3) is 4.02. The Bertz CT molecular complexity index is 821. The molecule has 2 atom stereocenters. The molecule has 0 radical (unpaired) electrons. The number of amides is 1. The minimum Gasteiger partial charge on any atom is -0.462 e. The van der Waals surface area contributed by atoms with Gasteiger partial charge in [-0.25, -0.2) is 4.79 Å². The number of carbonyl (C=O) groups excluding carboxylic acids is 3. The highest BCUT2D eigenvalue weighted by Gasteiger charge is 2.69. The monoisotopic (exact) mass is 447 g/mol. The Morgan fingerprint density at radius 3 is 2.57 bits per heavy atom. The van der Waals surface area contributed by atoms with Crippen LogP contribution in [0.4, 0.5) is 5.00 Å². The van der Waals surface area contributed by atoms with Crippen molar-refractivity contribution in [2.45, 2.75) is 50.8 Å². The molecule has 0 saturated heterocycles. The number of thiophene rings is 1. The maximum Gasteiger partial charge on any atom is 0.341 e. The summed E-state index contributed by atoms with van der Waals surface area (Å²) in [5, 5.41) is 3.15. The second-order valence-electron chi connectivity index (χ2n) is 7.61. The van der Waals surface area contributed by atoms with Crippen molar-refractivity contribution < 1.29 is 23.9 Å². The fraction of sp³-hybridized carbons (Fsp3) is 0.632. The molecule has 6 nitrogen and oxygen atoms in total. The fourth-order valence-electron chi connectivity index (χ4n) is 3.33. The Labute approximate surface area is 177 Å². The molecule has 1 fully saturated rings. The molecule has 28 heavy (non-hydrogen) atoms. The lowest BCUT2D eigenvalue weighted by Gasteiger charge is -2.18. The maximum atomic E-state index is 12.5. The molecule has 0 unspecified atom stereocenters. The molecule has 0 aromatic carbocycles. The van der Waals surface area contributed by atoms with E-state index in [1.165, 1.54) is 11.3 Å². The lowest BCUT2D eigenvalue weighted by molar-refractivity contribution is -0.152. The Hall–Kier alpha value is -1.31. The van der Waals surface area contributed by atoms with Crippen molar-refractivity contribution in [3.63, 3.8) is 0 Å². The molecule has 1 aromatic heterocycles. The lowest BCUT2D eigenvalue weighted by Crippen LogP contribution is -2.27. The summed E-state index contributed by atoms with van der Waals surface area (Å²) in [6.45, 7) is 5.28. The van der Waals surface area contributed by atoms with Crippen LogP contribution in [-0.4, -0.2) is 35.4 Å². The Morgan fingerprint density at radius 1 is 1.29 bits per heavy atom. The first-order valence-corrected chi connectivity index (χ1v) is 10.8. The zero-order valence-electron chi connectivity index (χ0n) is 16.0. The number of carbonyl (C=O) groups is 3. The molecule has 2 aliphatic rings. The van der Waals surface area contributed by atoms with Gasteiger partial charge in [0.25, 0.3) is 5.91 Å². The van der Waals surface area contributed by atoms with Crippen molar-refractivity contribution in [3.05, 3.63) is 16.0 Å². The number of hydrogen-bond acceptors (Lipinski definition) is 6. The van der Waals surface area contributed by atoms with Gasteiger partial charge in [-0.1, -0.05) is 6.92 Å². The Kier molecular flexibility index (Phi) is 5.99. The van der Waals surface area contributed by atoms with Crippen LogP contribution in [0, 0.1) is 11.3 Å². The largest absolute Gasteiger partial charge is 0.462 e. The average Bonchev–Trinajstić information content (AvgIpc) is 2.96. The van der Waals surface area contributed by atoms with Gasteiger partial charge in [0, 0.05) is 11.3 Å². The molecule has 0 bridgehead atoms. The first kappa shape index (κ1) is 21.4. The normalized spacial score (nSPS) is 24.8. The van der Waals surface area contributed by atoms with Gasteiger partial charge in [0.2, 0.25) is 0 Å². The van der Waals surface area contributed by atoms with E-state index in [4.69, 9.17) is 32.7 Å². The number of fused-ring (bicyclic) bond motifs is 1. The highest BCUT2D eigenvalue weighted by atomic mass is 35.5. The first-order chi connectivity index (χ1) is 13.1. The van der Waals surface area contributed by atoms with Crippen LogP contribution in [0.2, 0.25) is 0 Å². The van der Waals surface area contributed by atoms with E-state index in [2.05, 4.69) is 12.2 Å². The minimum atomic E-state index is -1.15. The van der Waals surface area contributed by atoms with Crippen LogP contribution < -0.4 is 5.32 Å². The molecule has 1 N–H and O–H groups in total. The van der Waals surface area contributed by atoms with Gasteiger partial charge in [-0.2, -0.15) is 0 Å². The number of esters is 2. The molecule has 9 heteroatoms. The van der Waals surface area contributed by atoms with Crippen molar-refractivity contribution in [1.82, 2.24) is 0 Å². The SMILES string of the molecule is CCOC(=O)c1c(NC(=O)COC(=O)[C@@]2(C)CC2(Cl)Cl)sc2c1CC[C@@H](C)C2. The van der Waals surface area contributed by atoms with Crippen molar-refractivity contribution in [2.75, 3.05) is 18.5 Å². The Balaban J connectivity index is 1.70. The predicted octanol–water partition coefficient (Wildman–Crippen LogP) is 4.12. The highest BCUT2D eigenvalue weighted by Crippen LogP contribution is 2.64. The summed E-state index contributed by atoms with van der Waals surface area (Å²) in [5.74, 6) is -1.06. The van der Waals surface area contributed by atoms with Crippen LogP contribution in [0.15, 0.2) is 0 Å². The number of nitrogens with one attached hydrogen (secondary N) is 1. The summed E-state index contributed by atoms with van der Waals surface area (Å²) in [4.78, 5) is 38.0. The summed E-state index contributed by atoms with van der Waals surface area (Å²) in [6.07, 6.45) is 2.91. The molecule has 1 heterocycles. The maximum absolute atomic E-state index is 12.5. The van der Waals surface area contributed by atoms with E-state index >= 15 is 0 Å². The highest BCUT2D eigenvalue weighted by molar-refractivity contribution is 7.17. The van der Waals surface area contributed by atoms with Crippen molar-refractivity contribution in [1.29, 1.82) is 0 Å². The Morgan fingerprint density at radius 2 is 1.96 bits per heavy atom. The van der Waals surface area contributed by atoms with Gasteiger partial charge in [0.1, 0.15) is 14.7 Å². The van der Waals surface area contributed by atoms with Gasteiger partial charge in [0.15, 0.2) is 6.61 Å². The third-order valence-electron chi connectivity index (χ3n) is 5.29. The zero-order chi connectivity index (χ0) is 20.7. The van der Waals surface area contributed by atoms with Gasteiger partial charge in [-0.05, 0) is 44.6 Å². The number of rotatable bonds is 6. The quantitative estimate of drug-likeness (QED) is 0.523. The van der Waals surface area contributed by atoms with Gasteiger partial charge in [0.05, 0.1) is 12.2 Å². The summed E-state index contributed by atoms with van der Waals surface area (Å²) >= 11 is 13.3. The molecule has 2 aliphatic carbocycles. The summed E-state index contributed by atoms with van der Waals surface area (Å²) in [5.41, 5.74) is 0.376. The van der Waals surface area contributed by atoms with Crippen LogP contribution in [0.5, 0.6) is 0 Å². The van der Waals surface area contributed by atoms with Crippen LogP contribution in [0.3, 0.4) is 0 Å². The zero-order valence-corrected chi connectivity index (χ0v) is 18.4. The second kappa shape index (κ2) is 7.84. The van der Waals surface area contributed by atoms with Crippen LogP contribution in [0.25, 0.3) is 0 Å². The van der Waals surface area contributed by atoms with Gasteiger partial charge < -0.3 is 14.8 Å². The summed E-state index contributed by atoms with van der Waals surface area (Å²) < 4.78 is 9.10. The number of hydrogen-bond donors (Lipinski definition) is 1. The number of alkyl halides is 2. The van der Waals surface area contributed by atoms with Crippen molar-refractivity contribution in [2.24, 2.45) is 11.3 Å². The molecule has 1 saturated carbocycles.